The van der Waals surface area contributed by atoms with E-state index in [0.717, 1.165) is 3.57 Å². The van der Waals surface area contributed by atoms with E-state index in [1.807, 2.05) is 22.6 Å². The number of ketones is 1. The molecule has 88 valence electrons. The molecule has 0 aliphatic heterocycles. The number of ether oxygens (including phenoxy) is 1. The van der Waals surface area contributed by atoms with Gasteiger partial charge >= 0.3 is 6.61 Å². The number of carbonyl (C=O) groups excluding carboxylic acids is 1. The molecule has 0 saturated heterocycles. The van der Waals surface area contributed by atoms with Crippen molar-refractivity contribution in [2.24, 2.45) is 0 Å². The van der Waals surface area contributed by atoms with Crippen molar-refractivity contribution in [3.05, 3.63) is 27.3 Å². The van der Waals surface area contributed by atoms with Crippen molar-refractivity contribution in [3.63, 3.8) is 0 Å². The highest BCUT2D eigenvalue weighted by atomic mass is 127. The van der Waals surface area contributed by atoms with Crippen molar-refractivity contribution in [1.82, 2.24) is 0 Å². The fourth-order valence-corrected chi connectivity index (χ4v) is 1.99. The third-order valence-corrected chi connectivity index (χ3v) is 2.85. The molecule has 0 radical (unpaired) electrons. The Morgan fingerprint density at radius 3 is 2.75 bits per heavy atom. The van der Waals surface area contributed by atoms with Crippen LogP contribution >= 0.6 is 38.5 Å². The molecule has 0 aromatic heterocycles. The van der Waals surface area contributed by atoms with Gasteiger partial charge in [0.1, 0.15) is 5.75 Å². The molecule has 2 nitrogen and oxygen atoms in total. The highest BCUT2D eigenvalue weighted by molar-refractivity contribution is 14.1. The van der Waals surface area contributed by atoms with Crippen molar-refractivity contribution in [1.29, 1.82) is 0 Å². The average molecular weight is 405 g/mol. The first-order valence-electron chi connectivity index (χ1n) is 4.38. The molecule has 0 saturated carbocycles. The van der Waals surface area contributed by atoms with Gasteiger partial charge in [0.25, 0.3) is 0 Å². The molecule has 1 rings (SSSR count). The van der Waals surface area contributed by atoms with Crippen LogP contribution < -0.4 is 4.74 Å². The SMILES string of the molecule is O=C(CCBr)c1cc(I)ccc1OC(F)F. The summed E-state index contributed by atoms with van der Waals surface area (Å²) in [6.07, 6.45) is 0.250. The Balaban J connectivity index is 3.02. The minimum absolute atomic E-state index is 0.0682. The molecule has 0 N–H and O–H groups in total. The van der Waals surface area contributed by atoms with Gasteiger partial charge in [-0.1, -0.05) is 15.9 Å². The van der Waals surface area contributed by atoms with Gasteiger partial charge in [-0.3, -0.25) is 4.79 Å². The highest BCUT2D eigenvalue weighted by Gasteiger charge is 2.15. The summed E-state index contributed by atoms with van der Waals surface area (Å²) in [5, 5.41) is 0.491. The first-order valence-corrected chi connectivity index (χ1v) is 6.58. The zero-order valence-electron chi connectivity index (χ0n) is 8.05. The zero-order chi connectivity index (χ0) is 12.1. The van der Waals surface area contributed by atoms with Crippen molar-refractivity contribution in [2.75, 3.05) is 5.33 Å². The molecule has 1 aromatic carbocycles. The Labute approximate surface area is 114 Å². The molecule has 0 heterocycles. The number of rotatable bonds is 5. The lowest BCUT2D eigenvalue weighted by molar-refractivity contribution is -0.0501. The minimum Gasteiger partial charge on any atom is -0.434 e. The van der Waals surface area contributed by atoms with Gasteiger partial charge in [0.15, 0.2) is 5.78 Å². The molecule has 0 fully saturated rings. The predicted molar refractivity (Wildman–Crippen MR) is 68.5 cm³/mol. The topological polar surface area (TPSA) is 26.3 Å². The van der Waals surface area contributed by atoms with Gasteiger partial charge in [-0.05, 0) is 40.8 Å². The van der Waals surface area contributed by atoms with Crippen molar-refractivity contribution < 1.29 is 18.3 Å². The van der Waals surface area contributed by atoms with Crippen LogP contribution in [0.3, 0.4) is 0 Å². The van der Waals surface area contributed by atoms with Gasteiger partial charge in [0.05, 0.1) is 5.56 Å². The highest BCUT2D eigenvalue weighted by Crippen LogP contribution is 2.24. The standard InChI is InChI=1S/C10H8BrF2IO2/c11-4-3-8(15)7-5-6(14)1-2-9(7)16-10(12)13/h1-2,5,10H,3-4H2. The second kappa shape index (κ2) is 6.48. The summed E-state index contributed by atoms with van der Waals surface area (Å²) < 4.78 is 29.3. The zero-order valence-corrected chi connectivity index (χ0v) is 11.8. The molecular weight excluding hydrogens is 397 g/mol. The molecule has 0 atom stereocenters. The van der Waals surface area contributed by atoms with E-state index in [2.05, 4.69) is 20.7 Å². The van der Waals surface area contributed by atoms with Gasteiger partial charge in [-0.15, -0.1) is 0 Å². The molecule has 0 aliphatic carbocycles. The largest absolute Gasteiger partial charge is 0.434 e. The Morgan fingerprint density at radius 2 is 2.19 bits per heavy atom. The van der Waals surface area contributed by atoms with E-state index in [1.54, 1.807) is 12.1 Å². The van der Waals surface area contributed by atoms with Crippen LogP contribution in [0, 0.1) is 3.57 Å². The van der Waals surface area contributed by atoms with Gasteiger partial charge in [-0.2, -0.15) is 8.78 Å². The Bertz CT molecular complexity index is 385. The monoisotopic (exact) mass is 404 g/mol. The van der Waals surface area contributed by atoms with Crippen molar-refractivity contribution in [3.8, 4) is 5.75 Å². The van der Waals surface area contributed by atoms with E-state index < -0.39 is 6.61 Å². The van der Waals surface area contributed by atoms with E-state index in [1.165, 1.54) is 6.07 Å². The maximum atomic E-state index is 12.1. The van der Waals surface area contributed by atoms with Crippen LogP contribution in [-0.4, -0.2) is 17.7 Å². The molecule has 0 spiro atoms. The molecule has 0 bridgehead atoms. The lowest BCUT2D eigenvalue weighted by Gasteiger charge is -2.09. The van der Waals surface area contributed by atoms with E-state index in [-0.39, 0.29) is 23.5 Å². The average Bonchev–Trinajstić information content (AvgIpc) is 2.20. The lowest BCUT2D eigenvalue weighted by atomic mass is 10.1. The molecule has 6 heteroatoms. The number of carbonyl (C=O) groups is 1. The lowest BCUT2D eigenvalue weighted by Crippen LogP contribution is -2.08. The van der Waals surface area contributed by atoms with Gasteiger partial charge < -0.3 is 4.74 Å². The van der Waals surface area contributed by atoms with Gasteiger partial charge in [-0.25, -0.2) is 0 Å². The third-order valence-electron chi connectivity index (χ3n) is 1.78. The molecule has 1 aromatic rings. The number of benzene rings is 1. The van der Waals surface area contributed by atoms with Crippen LogP contribution in [0.25, 0.3) is 0 Å². The normalized spacial score (nSPS) is 10.6. The van der Waals surface area contributed by atoms with E-state index in [4.69, 9.17) is 0 Å². The maximum Gasteiger partial charge on any atom is 0.387 e. The number of alkyl halides is 3. The van der Waals surface area contributed by atoms with Crippen LogP contribution in [0.4, 0.5) is 8.78 Å². The molecule has 16 heavy (non-hydrogen) atoms. The summed E-state index contributed by atoms with van der Waals surface area (Å²) in [4.78, 5) is 11.6. The maximum absolute atomic E-state index is 12.1. The number of hydrogen-bond acceptors (Lipinski definition) is 2. The molecule has 0 unspecified atom stereocenters. The minimum atomic E-state index is -2.92. The smallest absolute Gasteiger partial charge is 0.387 e. The summed E-state index contributed by atoms with van der Waals surface area (Å²) in [7, 11) is 0. The van der Waals surface area contributed by atoms with E-state index in [9.17, 15) is 13.6 Å². The van der Waals surface area contributed by atoms with Crippen LogP contribution in [0.1, 0.15) is 16.8 Å². The number of Topliss-reactive ketones (excluding diaryl/α,β-unsaturated/α-hetero) is 1. The number of hydrogen-bond donors (Lipinski definition) is 0. The van der Waals surface area contributed by atoms with E-state index in [0.29, 0.717) is 5.33 Å². The van der Waals surface area contributed by atoms with Crippen LogP contribution in [-0.2, 0) is 0 Å². The van der Waals surface area contributed by atoms with Gasteiger partial charge in [0, 0.05) is 15.3 Å². The van der Waals surface area contributed by atoms with Gasteiger partial charge in [0.2, 0.25) is 0 Å². The predicted octanol–water partition coefficient (Wildman–Crippen LogP) is 3.86. The summed E-state index contributed by atoms with van der Waals surface area (Å²) in [6.45, 7) is -2.92. The van der Waals surface area contributed by atoms with Crippen LogP contribution in [0.5, 0.6) is 5.75 Å². The summed E-state index contributed by atoms with van der Waals surface area (Å²) in [5.41, 5.74) is 0.201. The second-order valence-corrected chi connectivity index (χ2v) is 4.92. The van der Waals surface area contributed by atoms with E-state index >= 15 is 0 Å². The summed E-state index contributed by atoms with van der Waals surface area (Å²) >= 11 is 5.14. The Morgan fingerprint density at radius 1 is 1.50 bits per heavy atom. The van der Waals surface area contributed by atoms with Crippen molar-refractivity contribution in [2.45, 2.75) is 13.0 Å². The van der Waals surface area contributed by atoms with Crippen molar-refractivity contribution >= 4 is 44.3 Å². The summed E-state index contributed by atoms with van der Waals surface area (Å²) in [6, 6.07) is 4.54. The fourth-order valence-electron chi connectivity index (χ4n) is 1.14. The quantitative estimate of drug-likeness (QED) is 0.423. The number of halogens is 4. The second-order valence-electron chi connectivity index (χ2n) is 2.88. The van der Waals surface area contributed by atoms with Crippen LogP contribution in [0.2, 0.25) is 0 Å². The third kappa shape index (κ3) is 3.97. The Hall–Kier alpha value is -0.240. The molecule has 0 aliphatic rings. The summed E-state index contributed by atoms with van der Waals surface area (Å²) in [5.74, 6) is -0.285. The Kier molecular flexibility index (Phi) is 5.60. The fraction of sp³-hybridized carbons (Fsp3) is 0.300. The molecule has 0 amide bonds. The van der Waals surface area contributed by atoms with Crippen LogP contribution in [0.15, 0.2) is 18.2 Å². The first-order chi connectivity index (χ1) is 7.54. The first kappa shape index (κ1) is 13.8. The molecular formula is C10H8BrF2IO2.